The number of aromatic nitrogens is 2. The summed E-state index contributed by atoms with van der Waals surface area (Å²) in [5.41, 5.74) is 0.303. The fourth-order valence-electron chi connectivity index (χ4n) is 2.10. The number of aliphatic hydroxyl groups excluding tert-OH is 1. The van der Waals surface area contributed by atoms with Crippen molar-refractivity contribution in [1.29, 1.82) is 0 Å². The third-order valence-corrected chi connectivity index (χ3v) is 3.73. The van der Waals surface area contributed by atoms with E-state index in [1.165, 1.54) is 19.2 Å². The Morgan fingerprint density at radius 1 is 1.40 bits per heavy atom. The van der Waals surface area contributed by atoms with Crippen molar-refractivity contribution >= 4 is 15.9 Å². The zero-order valence-electron chi connectivity index (χ0n) is 11.2. The van der Waals surface area contributed by atoms with Crippen LogP contribution in [0.5, 0.6) is 0 Å². The van der Waals surface area contributed by atoms with Crippen molar-refractivity contribution < 1.29 is 13.9 Å². The lowest BCUT2D eigenvalue weighted by atomic mass is 10.0. The van der Waals surface area contributed by atoms with Crippen LogP contribution in [0, 0.1) is 18.6 Å². The number of benzene rings is 1. The second kappa shape index (κ2) is 6.01. The smallest absolute Gasteiger partial charge is 0.135 e. The van der Waals surface area contributed by atoms with Crippen LogP contribution >= 0.6 is 15.9 Å². The van der Waals surface area contributed by atoms with Gasteiger partial charge in [-0.3, -0.25) is 4.68 Å². The van der Waals surface area contributed by atoms with Crippen LogP contribution in [-0.2, 0) is 6.54 Å². The van der Waals surface area contributed by atoms with Crippen LogP contribution in [0.2, 0.25) is 0 Å². The Morgan fingerprint density at radius 3 is 2.75 bits per heavy atom. The summed E-state index contributed by atoms with van der Waals surface area (Å²) >= 11 is 3.26. The number of aliphatic hydroxyl groups is 1. The van der Waals surface area contributed by atoms with Gasteiger partial charge < -0.3 is 5.11 Å². The van der Waals surface area contributed by atoms with E-state index in [1.807, 2.05) is 6.92 Å². The van der Waals surface area contributed by atoms with E-state index in [-0.39, 0.29) is 11.1 Å². The van der Waals surface area contributed by atoms with Gasteiger partial charge in [0.15, 0.2) is 0 Å². The molecule has 0 radical (unpaired) electrons. The van der Waals surface area contributed by atoms with E-state index in [4.69, 9.17) is 0 Å². The van der Waals surface area contributed by atoms with Crippen molar-refractivity contribution in [2.24, 2.45) is 0 Å². The van der Waals surface area contributed by atoms with Gasteiger partial charge in [-0.15, -0.1) is 0 Å². The molecule has 0 aliphatic carbocycles. The molecule has 108 valence electrons. The monoisotopic (exact) mass is 344 g/mol. The summed E-state index contributed by atoms with van der Waals surface area (Å²) in [7, 11) is 0. The number of hydrogen-bond acceptors (Lipinski definition) is 2. The van der Waals surface area contributed by atoms with Gasteiger partial charge in [-0.25, -0.2) is 8.78 Å². The molecule has 2 rings (SSSR count). The van der Waals surface area contributed by atoms with Crippen molar-refractivity contribution in [3.63, 3.8) is 0 Å². The number of nitrogens with zero attached hydrogens (tertiary/aromatic N) is 2. The molecule has 0 bridgehead atoms. The highest BCUT2D eigenvalue weighted by atomic mass is 79.9. The normalized spacial score (nSPS) is 12.7. The first-order chi connectivity index (χ1) is 9.47. The van der Waals surface area contributed by atoms with E-state index < -0.39 is 17.7 Å². The highest BCUT2D eigenvalue weighted by molar-refractivity contribution is 9.10. The van der Waals surface area contributed by atoms with Crippen LogP contribution in [0.15, 0.2) is 22.8 Å². The first-order valence-electron chi connectivity index (χ1n) is 6.31. The molecule has 3 nitrogen and oxygen atoms in total. The van der Waals surface area contributed by atoms with Crippen LogP contribution in [0.3, 0.4) is 0 Å². The Labute approximate surface area is 124 Å². The first-order valence-corrected chi connectivity index (χ1v) is 7.10. The molecule has 0 amide bonds. The molecule has 0 aliphatic heterocycles. The Bertz CT molecular complexity index is 628. The van der Waals surface area contributed by atoms with Crippen molar-refractivity contribution in [2.45, 2.75) is 32.9 Å². The van der Waals surface area contributed by atoms with Crippen molar-refractivity contribution in [3.05, 3.63) is 51.3 Å². The van der Waals surface area contributed by atoms with E-state index >= 15 is 0 Å². The lowest BCUT2D eigenvalue weighted by Gasteiger charge is -2.16. The van der Waals surface area contributed by atoms with Gasteiger partial charge >= 0.3 is 0 Å². The fourth-order valence-corrected chi connectivity index (χ4v) is 2.61. The van der Waals surface area contributed by atoms with Crippen molar-refractivity contribution in [1.82, 2.24) is 9.78 Å². The lowest BCUT2D eigenvalue weighted by Crippen LogP contribution is -2.14. The molecular formula is C14H15BrF2N2O. The van der Waals surface area contributed by atoms with Crippen molar-refractivity contribution in [2.75, 3.05) is 0 Å². The number of hydrogen-bond donors (Lipinski definition) is 1. The molecule has 0 fully saturated rings. The molecule has 2 aromatic rings. The highest BCUT2D eigenvalue weighted by Gasteiger charge is 2.26. The van der Waals surface area contributed by atoms with Gasteiger partial charge in [0, 0.05) is 6.54 Å². The minimum absolute atomic E-state index is 0.290. The number of aryl methyl sites for hydroxylation is 2. The van der Waals surface area contributed by atoms with Crippen LogP contribution in [0.4, 0.5) is 8.78 Å². The Kier molecular flexibility index (Phi) is 4.55. The Morgan fingerprint density at radius 2 is 2.10 bits per heavy atom. The molecule has 1 unspecified atom stereocenters. The molecular weight excluding hydrogens is 330 g/mol. The van der Waals surface area contributed by atoms with E-state index in [0.29, 0.717) is 16.7 Å². The summed E-state index contributed by atoms with van der Waals surface area (Å²) in [6.45, 7) is 4.05. The maximum absolute atomic E-state index is 14.1. The summed E-state index contributed by atoms with van der Waals surface area (Å²) in [6, 6.07) is 2.50. The summed E-state index contributed by atoms with van der Waals surface area (Å²) in [4.78, 5) is 0. The largest absolute Gasteiger partial charge is 0.382 e. The molecule has 1 atom stereocenters. The topological polar surface area (TPSA) is 38.0 Å². The van der Waals surface area contributed by atoms with Gasteiger partial charge in [0.2, 0.25) is 0 Å². The molecule has 20 heavy (non-hydrogen) atoms. The minimum Gasteiger partial charge on any atom is -0.382 e. The van der Waals surface area contributed by atoms with Gasteiger partial charge in [0.1, 0.15) is 17.7 Å². The van der Waals surface area contributed by atoms with Crippen LogP contribution < -0.4 is 0 Å². The molecule has 1 aromatic heterocycles. The van der Waals surface area contributed by atoms with Crippen LogP contribution in [-0.4, -0.2) is 14.9 Å². The summed E-state index contributed by atoms with van der Waals surface area (Å²) < 4.78 is 30.1. The van der Waals surface area contributed by atoms with E-state index in [2.05, 4.69) is 21.0 Å². The maximum atomic E-state index is 14.1. The number of halogens is 3. The minimum atomic E-state index is -1.40. The van der Waals surface area contributed by atoms with Crippen molar-refractivity contribution in [3.8, 4) is 0 Å². The molecule has 1 heterocycles. The predicted octanol–water partition coefficient (Wildman–Crippen LogP) is 3.72. The second-order valence-electron chi connectivity index (χ2n) is 4.60. The third-order valence-electron chi connectivity index (χ3n) is 3.12. The zero-order valence-corrected chi connectivity index (χ0v) is 12.8. The summed E-state index contributed by atoms with van der Waals surface area (Å²) in [5.74, 6) is -1.50. The van der Waals surface area contributed by atoms with Gasteiger partial charge in [-0.2, -0.15) is 5.10 Å². The Hall–Kier alpha value is -1.27. The first kappa shape index (κ1) is 15.1. The van der Waals surface area contributed by atoms with Gasteiger partial charge in [0.05, 0.1) is 21.9 Å². The van der Waals surface area contributed by atoms with E-state index in [9.17, 15) is 13.9 Å². The van der Waals surface area contributed by atoms with Gasteiger partial charge in [-0.05, 0) is 40.9 Å². The zero-order chi connectivity index (χ0) is 14.9. The van der Waals surface area contributed by atoms with E-state index in [1.54, 1.807) is 4.68 Å². The standard InChI is InChI=1S/C14H15BrF2N2O/c1-3-6-19-13(9(15)7-18-19)14(20)11-10(16)5-4-8(2)12(11)17/h4-5,7,14,20H,3,6H2,1-2H3. The predicted molar refractivity (Wildman–Crippen MR) is 75.4 cm³/mol. The number of rotatable bonds is 4. The average Bonchev–Trinajstić information content (AvgIpc) is 2.76. The second-order valence-corrected chi connectivity index (χ2v) is 5.45. The molecule has 1 aromatic carbocycles. The molecule has 1 N–H and O–H groups in total. The molecule has 6 heteroatoms. The SMILES string of the molecule is CCCn1ncc(Br)c1C(O)c1c(F)ccc(C)c1F. The van der Waals surface area contributed by atoms with Gasteiger partial charge in [-0.1, -0.05) is 13.0 Å². The average molecular weight is 345 g/mol. The fraction of sp³-hybridized carbons (Fsp3) is 0.357. The van der Waals surface area contributed by atoms with Crippen LogP contribution in [0.25, 0.3) is 0 Å². The van der Waals surface area contributed by atoms with E-state index in [0.717, 1.165) is 12.5 Å². The maximum Gasteiger partial charge on any atom is 0.135 e. The molecule has 0 aliphatic rings. The van der Waals surface area contributed by atoms with Gasteiger partial charge in [0.25, 0.3) is 0 Å². The Balaban J connectivity index is 2.54. The van der Waals surface area contributed by atoms with Crippen LogP contribution in [0.1, 0.15) is 36.3 Å². The molecule has 0 spiro atoms. The summed E-state index contributed by atoms with van der Waals surface area (Å²) in [6.07, 6.45) is 0.908. The third kappa shape index (κ3) is 2.62. The lowest BCUT2D eigenvalue weighted by molar-refractivity contribution is 0.195. The highest BCUT2D eigenvalue weighted by Crippen LogP contribution is 2.32. The molecule has 0 saturated carbocycles. The molecule has 0 saturated heterocycles. The quantitative estimate of drug-likeness (QED) is 0.917. The summed E-state index contributed by atoms with van der Waals surface area (Å²) in [5, 5.41) is 14.5.